The van der Waals surface area contributed by atoms with Gasteiger partial charge in [0.2, 0.25) is 0 Å². The second-order valence-electron chi connectivity index (χ2n) is 5.10. The topological polar surface area (TPSA) is 66.6 Å². The molecule has 5 nitrogen and oxygen atoms in total. The molecule has 0 aromatic rings. The van der Waals surface area contributed by atoms with Gasteiger partial charge in [-0.2, -0.15) is 17.0 Å². The van der Waals surface area contributed by atoms with Crippen LogP contribution in [0.2, 0.25) is 0 Å². The quantitative estimate of drug-likeness (QED) is 0.762. The lowest BCUT2D eigenvalue weighted by Crippen LogP contribution is -2.56. The maximum Gasteiger partial charge on any atom is 0.281 e. The molecule has 0 atom stereocenters. The molecular formula is C11H25N3O2S. The molecule has 1 saturated carbocycles. The van der Waals surface area contributed by atoms with Gasteiger partial charge in [-0.3, -0.25) is 0 Å². The average molecular weight is 263 g/mol. The molecule has 2 N–H and O–H groups in total. The number of hydrogen-bond acceptors (Lipinski definition) is 3. The maximum atomic E-state index is 12.2. The third-order valence-electron chi connectivity index (χ3n) is 3.89. The van der Waals surface area contributed by atoms with Gasteiger partial charge in [-0.15, -0.1) is 0 Å². The van der Waals surface area contributed by atoms with Crippen molar-refractivity contribution in [2.24, 2.45) is 5.73 Å². The Morgan fingerprint density at radius 2 is 1.53 bits per heavy atom. The van der Waals surface area contributed by atoms with Crippen molar-refractivity contribution in [2.45, 2.75) is 44.1 Å². The lowest BCUT2D eigenvalue weighted by Gasteiger charge is -2.40. The van der Waals surface area contributed by atoms with E-state index in [2.05, 4.69) is 0 Å². The third-order valence-corrected chi connectivity index (χ3v) is 5.89. The lowest BCUT2D eigenvalue weighted by atomic mass is 9.90. The monoisotopic (exact) mass is 263 g/mol. The molecule has 1 rings (SSSR count). The predicted octanol–water partition coefficient (Wildman–Crippen LogP) is 0.776. The highest BCUT2D eigenvalue weighted by atomic mass is 32.2. The summed E-state index contributed by atoms with van der Waals surface area (Å²) < 4.78 is 27.2. The molecule has 0 saturated heterocycles. The van der Waals surface area contributed by atoms with Crippen molar-refractivity contribution in [1.29, 1.82) is 0 Å². The van der Waals surface area contributed by atoms with Gasteiger partial charge in [-0.1, -0.05) is 25.7 Å². The van der Waals surface area contributed by atoms with Crippen LogP contribution in [0.15, 0.2) is 0 Å². The fourth-order valence-electron chi connectivity index (χ4n) is 2.52. The van der Waals surface area contributed by atoms with E-state index in [1.54, 1.807) is 21.1 Å². The highest BCUT2D eigenvalue weighted by molar-refractivity contribution is 7.86. The number of hydrogen-bond donors (Lipinski definition) is 1. The van der Waals surface area contributed by atoms with Crippen molar-refractivity contribution in [1.82, 2.24) is 8.61 Å². The van der Waals surface area contributed by atoms with Crippen LogP contribution in [0.1, 0.15) is 38.5 Å². The Labute approximate surface area is 105 Å². The second kappa shape index (κ2) is 5.65. The summed E-state index contributed by atoms with van der Waals surface area (Å²) >= 11 is 0. The van der Waals surface area contributed by atoms with Crippen LogP contribution in [0.3, 0.4) is 0 Å². The van der Waals surface area contributed by atoms with E-state index in [9.17, 15) is 8.42 Å². The molecule has 0 amide bonds. The van der Waals surface area contributed by atoms with Crippen molar-refractivity contribution >= 4 is 10.2 Å². The Balaban J connectivity index is 2.99. The first kappa shape index (κ1) is 14.9. The molecule has 0 heterocycles. The molecule has 1 aliphatic carbocycles. The number of nitrogens with zero attached hydrogens (tertiary/aromatic N) is 2. The fraction of sp³-hybridized carbons (Fsp3) is 1.00. The first-order valence-corrected chi connectivity index (χ1v) is 7.63. The van der Waals surface area contributed by atoms with Crippen molar-refractivity contribution in [2.75, 3.05) is 27.7 Å². The van der Waals surface area contributed by atoms with E-state index in [4.69, 9.17) is 5.73 Å². The Morgan fingerprint density at radius 3 is 1.88 bits per heavy atom. The van der Waals surface area contributed by atoms with Crippen molar-refractivity contribution in [3.63, 3.8) is 0 Å². The van der Waals surface area contributed by atoms with E-state index < -0.39 is 10.2 Å². The van der Waals surface area contributed by atoms with Crippen LogP contribution in [-0.4, -0.2) is 50.3 Å². The van der Waals surface area contributed by atoms with E-state index in [1.807, 2.05) is 0 Å². The van der Waals surface area contributed by atoms with E-state index in [-0.39, 0.29) is 5.54 Å². The van der Waals surface area contributed by atoms with E-state index in [0.717, 1.165) is 25.7 Å². The first-order valence-electron chi connectivity index (χ1n) is 6.23. The van der Waals surface area contributed by atoms with Gasteiger partial charge in [0.1, 0.15) is 0 Å². The van der Waals surface area contributed by atoms with Gasteiger partial charge < -0.3 is 5.73 Å². The first-order chi connectivity index (χ1) is 7.87. The summed E-state index contributed by atoms with van der Waals surface area (Å²) in [5, 5.41) is 0. The largest absolute Gasteiger partial charge is 0.329 e. The minimum absolute atomic E-state index is 0.389. The summed E-state index contributed by atoms with van der Waals surface area (Å²) in [4.78, 5) is 0. The molecular weight excluding hydrogens is 238 g/mol. The molecule has 0 aromatic heterocycles. The molecule has 6 heteroatoms. The molecule has 0 spiro atoms. The molecule has 0 aromatic carbocycles. The highest BCUT2D eigenvalue weighted by Crippen LogP contribution is 2.33. The summed E-state index contributed by atoms with van der Waals surface area (Å²) in [6.45, 7) is 0.399. The van der Waals surface area contributed by atoms with Crippen LogP contribution in [0.25, 0.3) is 0 Å². The van der Waals surface area contributed by atoms with Gasteiger partial charge in [0.05, 0.1) is 0 Å². The van der Waals surface area contributed by atoms with Crippen molar-refractivity contribution in [3.05, 3.63) is 0 Å². The molecule has 1 aliphatic rings. The van der Waals surface area contributed by atoms with Crippen molar-refractivity contribution in [3.8, 4) is 0 Å². The van der Waals surface area contributed by atoms with Gasteiger partial charge >= 0.3 is 0 Å². The Bertz CT molecular complexity index is 333. The predicted molar refractivity (Wildman–Crippen MR) is 69.9 cm³/mol. The van der Waals surface area contributed by atoms with Gasteiger partial charge in [0, 0.05) is 33.2 Å². The molecule has 17 heavy (non-hydrogen) atoms. The van der Waals surface area contributed by atoms with Crippen molar-refractivity contribution < 1.29 is 8.42 Å². The minimum Gasteiger partial charge on any atom is -0.329 e. The van der Waals surface area contributed by atoms with Crippen LogP contribution in [0.5, 0.6) is 0 Å². The SMILES string of the molecule is CN(C)S(=O)(=O)N(C)C1(CN)CCCCCC1. The summed E-state index contributed by atoms with van der Waals surface area (Å²) in [5.41, 5.74) is 5.49. The van der Waals surface area contributed by atoms with E-state index in [0.29, 0.717) is 6.54 Å². The molecule has 0 radical (unpaired) electrons. The number of likely N-dealkylation sites (N-methyl/N-ethyl adjacent to an activating group) is 1. The third kappa shape index (κ3) is 2.99. The van der Waals surface area contributed by atoms with Crippen LogP contribution in [0, 0.1) is 0 Å². The molecule has 0 unspecified atom stereocenters. The van der Waals surface area contributed by atoms with Crippen LogP contribution in [-0.2, 0) is 10.2 Å². The summed E-state index contributed by atoms with van der Waals surface area (Å²) in [6, 6.07) is 0. The van der Waals surface area contributed by atoms with E-state index in [1.165, 1.54) is 21.5 Å². The zero-order valence-electron chi connectivity index (χ0n) is 11.1. The zero-order chi connectivity index (χ0) is 13.1. The maximum absolute atomic E-state index is 12.2. The molecule has 0 bridgehead atoms. The van der Waals surface area contributed by atoms with Gasteiger partial charge in [-0.25, -0.2) is 0 Å². The summed E-state index contributed by atoms with van der Waals surface area (Å²) in [7, 11) is 1.41. The van der Waals surface area contributed by atoms with Crippen LogP contribution >= 0.6 is 0 Å². The van der Waals surface area contributed by atoms with Gasteiger partial charge in [0.25, 0.3) is 10.2 Å². The molecule has 0 aliphatic heterocycles. The Morgan fingerprint density at radius 1 is 1.06 bits per heavy atom. The Hall–Kier alpha value is -0.170. The van der Waals surface area contributed by atoms with Gasteiger partial charge in [0.15, 0.2) is 0 Å². The lowest BCUT2D eigenvalue weighted by molar-refractivity contribution is 0.187. The number of nitrogens with two attached hydrogens (primary N) is 1. The zero-order valence-corrected chi connectivity index (χ0v) is 12.0. The highest BCUT2D eigenvalue weighted by Gasteiger charge is 2.40. The van der Waals surface area contributed by atoms with Crippen LogP contribution in [0.4, 0.5) is 0 Å². The fourth-order valence-corrected chi connectivity index (χ4v) is 3.76. The van der Waals surface area contributed by atoms with E-state index >= 15 is 0 Å². The summed E-state index contributed by atoms with van der Waals surface area (Å²) in [5.74, 6) is 0. The average Bonchev–Trinajstić information content (AvgIpc) is 2.53. The second-order valence-corrected chi connectivity index (χ2v) is 7.27. The minimum atomic E-state index is -3.38. The standard InChI is InChI=1S/C11H25N3O2S/c1-13(2)17(15,16)14(3)11(10-12)8-6-4-5-7-9-11/h4-10,12H2,1-3H3. The van der Waals surface area contributed by atoms with Crippen LogP contribution < -0.4 is 5.73 Å². The summed E-state index contributed by atoms with van der Waals surface area (Å²) in [6.07, 6.45) is 6.21. The van der Waals surface area contributed by atoms with Gasteiger partial charge in [-0.05, 0) is 12.8 Å². The smallest absolute Gasteiger partial charge is 0.281 e. The number of rotatable bonds is 4. The Kier molecular flexibility index (Phi) is 4.95. The normalized spacial score (nSPS) is 21.8. The molecule has 102 valence electrons. The molecule has 1 fully saturated rings.